The summed E-state index contributed by atoms with van der Waals surface area (Å²) in [5, 5.41) is 7.59. The third kappa shape index (κ3) is 1.43. The lowest BCUT2D eigenvalue weighted by molar-refractivity contribution is 0.0505. The van der Waals surface area contributed by atoms with E-state index in [1.54, 1.807) is 18.2 Å². The Morgan fingerprint density at radius 1 is 1.25 bits per heavy atom. The standard InChI is InChI=1S/C12H12N2O2/c13-7-1-3-9-11(5-7)16-10-4-2-8(14)6-12(10)15-9/h1-5,10,12,14H,6,13H2. The van der Waals surface area contributed by atoms with Gasteiger partial charge in [0, 0.05) is 23.9 Å². The molecule has 0 bridgehead atoms. The molecule has 0 fully saturated rings. The molecule has 0 amide bonds. The van der Waals surface area contributed by atoms with Crippen LogP contribution in [0.15, 0.2) is 30.4 Å². The Morgan fingerprint density at radius 2 is 2.12 bits per heavy atom. The number of hydrogen-bond donors (Lipinski definition) is 2. The number of allylic oxidation sites excluding steroid dienone is 1. The van der Waals surface area contributed by atoms with Gasteiger partial charge in [-0.15, -0.1) is 0 Å². The van der Waals surface area contributed by atoms with E-state index in [9.17, 15) is 0 Å². The summed E-state index contributed by atoms with van der Waals surface area (Å²) in [5.74, 6) is 1.39. The van der Waals surface area contributed by atoms with Crippen molar-refractivity contribution in [2.75, 3.05) is 5.73 Å². The zero-order chi connectivity index (χ0) is 11.1. The average Bonchev–Trinajstić information content (AvgIpc) is 2.26. The first-order valence-electron chi connectivity index (χ1n) is 5.21. The summed E-state index contributed by atoms with van der Waals surface area (Å²) in [6.07, 6.45) is 4.02. The zero-order valence-corrected chi connectivity index (χ0v) is 8.64. The van der Waals surface area contributed by atoms with Crippen molar-refractivity contribution in [2.45, 2.75) is 18.6 Å². The van der Waals surface area contributed by atoms with E-state index >= 15 is 0 Å². The number of nitrogen functional groups attached to an aromatic ring is 1. The minimum absolute atomic E-state index is 0.0892. The van der Waals surface area contributed by atoms with Gasteiger partial charge in [-0.2, -0.15) is 0 Å². The summed E-state index contributed by atoms with van der Waals surface area (Å²) in [7, 11) is 0. The molecule has 0 saturated carbocycles. The number of ether oxygens (including phenoxy) is 2. The molecule has 0 radical (unpaired) electrons. The fourth-order valence-corrected chi connectivity index (χ4v) is 1.98. The van der Waals surface area contributed by atoms with Gasteiger partial charge in [0.25, 0.3) is 0 Å². The molecule has 1 aliphatic carbocycles. The fraction of sp³-hybridized carbons (Fsp3) is 0.250. The third-order valence-electron chi connectivity index (χ3n) is 2.78. The zero-order valence-electron chi connectivity index (χ0n) is 8.64. The summed E-state index contributed by atoms with van der Waals surface area (Å²) < 4.78 is 11.6. The molecule has 2 unspecified atom stereocenters. The number of benzene rings is 1. The van der Waals surface area contributed by atoms with Crippen molar-refractivity contribution < 1.29 is 9.47 Å². The molecule has 1 aromatic rings. The SMILES string of the molecule is N=C1C=CC2Oc3cc(N)ccc3OC2C1. The number of nitrogens with two attached hydrogens (primary N) is 1. The normalized spacial score (nSPS) is 26.4. The van der Waals surface area contributed by atoms with Crippen molar-refractivity contribution in [3.63, 3.8) is 0 Å². The van der Waals surface area contributed by atoms with Crippen LogP contribution in [0.1, 0.15) is 6.42 Å². The molecule has 4 nitrogen and oxygen atoms in total. The summed E-state index contributed by atoms with van der Waals surface area (Å²) >= 11 is 0. The van der Waals surface area contributed by atoms with E-state index in [2.05, 4.69) is 0 Å². The van der Waals surface area contributed by atoms with Crippen molar-refractivity contribution in [3.8, 4) is 11.5 Å². The van der Waals surface area contributed by atoms with Gasteiger partial charge in [0.15, 0.2) is 17.6 Å². The Labute approximate surface area is 93.2 Å². The molecule has 0 aromatic heterocycles. The first kappa shape index (κ1) is 9.27. The maximum absolute atomic E-state index is 7.59. The molecule has 4 heteroatoms. The first-order valence-corrected chi connectivity index (χ1v) is 5.21. The minimum Gasteiger partial charge on any atom is -0.482 e. The highest BCUT2D eigenvalue weighted by Gasteiger charge is 2.32. The van der Waals surface area contributed by atoms with Crippen molar-refractivity contribution >= 4 is 11.4 Å². The van der Waals surface area contributed by atoms with Crippen LogP contribution in [0.5, 0.6) is 11.5 Å². The topological polar surface area (TPSA) is 68.3 Å². The van der Waals surface area contributed by atoms with Gasteiger partial charge >= 0.3 is 0 Å². The van der Waals surface area contributed by atoms with Gasteiger partial charge in [-0.3, -0.25) is 0 Å². The molecule has 2 atom stereocenters. The van der Waals surface area contributed by atoms with Gasteiger partial charge in [-0.1, -0.05) is 0 Å². The van der Waals surface area contributed by atoms with Crippen LogP contribution in [0, 0.1) is 5.41 Å². The van der Waals surface area contributed by atoms with E-state index in [1.807, 2.05) is 12.1 Å². The van der Waals surface area contributed by atoms with Crippen LogP contribution in [-0.2, 0) is 0 Å². The summed E-state index contributed by atoms with van der Waals surface area (Å²) in [6.45, 7) is 0. The Morgan fingerprint density at radius 3 is 3.00 bits per heavy atom. The maximum Gasteiger partial charge on any atom is 0.164 e. The van der Waals surface area contributed by atoms with E-state index < -0.39 is 0 Å². The minimum atomic E-state index is -0.108. The molecule has 0 spiro atoms. The quantitative estimate of drug-likeness (QED) is 0.649. The second-order valence-electron chi connectivity index (χ2n) is 4.03. The molecule has 16 heavy (non-hydrogen) atoms. The van der Waals surface area contributed by atoms with Crippen LogP contribution >= 0.6 is 0 Å². The van der Waals surface area contributed by atoms with Crippen molar-refractivity contribution in [2.24, 2.45) is 0 Å². The highest BCUT2D eigenvalue weighted by atomic mass is 16.6. The highest BCUT2D eigenvalue weighted by molar-refractivity contribution is 5.93. The van der Waals surface area contributed by atoms with E-state index in [0.717, 1.165) is 0 Å². The number of fused-ring (bicyclic) bond motifs is 2. The van der Waals surface area contributed by atoms with Crippen LogP contribution in [0.25, 0.3) is 0 Å². The van der Waals surface area contributed by atoms with Crippen LogP contribution < -0.4 is 15.2 Å². The molecule has 3 N–H and O–H groups in total. The first-order chi connectivity index (χ1) is 7.72. The molecule has 1 aliphatic heterocycles. The molecule has 3 rings (SSSR count). The average molecular weight is 216 g/mol. The molecule has 0 saturated heterocycles. The van der Waals surface area contributed by atoms with E-state index in [4.69, 9.17) is 20.6 Å². The molecule has 1 aromatic carbocycles. The smallest absolute Gasteiger partial charge is 0.164 e. The van der Waals surface area contributed by atoms with Crippen LogP contribution in [0.3, 0.4) is 0 Å². The van der Waals surface area contributed by atoms with Gasteiger partial charge in [-0.25, -0.2) is 0 Å². The van der Waals surface area contributed by atoms with Gasteiger partial charge in [0.1, 0.15) is 6.10 Å². The number of nitrogens with one attached hydrogen (secondary N) is 1. The second-order valence-corrected chi connectivity index (χ2v) is 4.03. The molecule has 1 heterocycles. The van der Waals surface area contributed by atoms with Crippen LogP contribution in [0.4, 0.5) is 5.69 Å². The predicted octanol–water partition coefficient (Wildman–Crippen LogP) is 1.76. The summed E-state index contributed by atoms with van der Waals surface area (Å²) in [6, 6.07) is 5.36. The fourth-order valence-electron chi connectivity index (χ4n) is 1.98. The van der Waals surface area contributed by atoms with E-state index in [1.165, 1.54) is 0 Å². The number of anilines is 1. The maximum atomic E-state index is 7.59. The van der Waals surface area contributed by atoms with Crippen LogP contribution in [-0.4, -0.2) is 17.9 Å². The van der Waals surface area contributed by atoms with E-state index in [0.29, 0.717) is 29.3 Å². The second kappa shape index (κ2) is 3.27. The lowest BCUT2D eigenvalue weighted by Crippen LogP contribution is -2.41. The highest BCUT2D eigenvalue weighted by Crippen LogP contribution is 2.37. The number of hydrogen-bond acceptors (Lipinski definition) is 4. The van der Waals surface area contributed by atoms with Gasteiger partial charge in [0.2, 0.25) is 0 Å². The predicted molar refractivity (Wildman–Crippen MR) is 61.2 cm³/mol. The Hall–Kier alpha value is -1.97. The molecular weight excluding hydrogens is 204 g/mol. The van der Waals surface area contributed by atoms with Gasteiger partial charge < -0.3 is 20.6 Å². The summed E-state index contributed by atoms with van der Waals surface area (Å²) in [4.78, 5) is 0. The van der Waals surface area contributed by atoms with Gasteiger partial charge in [0.05, 0.1) is 0 Å². The summed E-state index contributed by atoms with van der Waals surface area (Å²) in [5.41, 5.74) is 6.92. The van der Waals surface area contributed by atoms with Crippen molar-refractivity contribution in [1.29, 1.82) is 5.41 Å². The lowest BCUT2D eigenvalue weighted by atomic mass is 9.99. The van der Waals surface area contributed by atoms with Crippen molar-refractivity contribution in [3.05, 3.63) is 30.4 Å². The lowest BCUT2D eigenvalue weighted by Gasteiger charge is -2.34. The Bertz CT molecular complexity index is 482. The number of rotatable bonds is 0. The largest absolute Gasteiger partial charge is 0.482 e. The van der Waals surface area contributed by atoms with Crippen LogP contribution in [0.2, 0.25) is 0 Å². The Kier molecular flexibility index (Phi) is 1.89. The monoisotopic (exact) mass is 216 g/mol. The third-order valence-corrected chi connectivity index (χ3v) is 2.78. The molecule has 2 aliphatic rings. The molecular formula is C12H12N2O2. The van der Waals surface area contributed by atoms with Gasteiger partial charge in [-0.05, 0) is 24.3 Å². The van der Waals surface area contributed by atoms with E-state index in [-0.39, 0.29) is 12.2 Å². The van der Waals surface area contributed by atoms with Crippen molar-refractivity contribution in [1.82, 2.24) is 0 Å². The molecule has 82 valence electrons. The Balaban J connectivity index is 1.96.